The Morgan fingerprint density at radius 1 is 1.24 bits per heavy atom. The molecule has 0 aromatic heterocycles. The molecule has 2 N–H and O–H groups in total. The molecular weight excluding hydrogens is 286 g/mol. The van der Waals surface area contributed by atoms with Crippen LogP contribution in [0.15, 0.2) is 18.2 Å². The van der Waals surface area contributed by atoms with Crippen molar-refractivity contribution in [3.63, 3.8) is 0 Å². The molecular formula is C15H23N3O2S. The number of benzene rings is 1. The third kappa shape index (κ3) is 3.16. The molecule has 0 unspecified atom stereocenters. The van der Waals surface area contributed by atoms with Crippen LogP contribution in [0.4, 0.5) is 11.4 Å². The fraction of sp³-hybridized carbons (Fsp3) is 0.600. The summed E-state index contributed by atoms with van der Waals surface area (Å²) >= 11 is 0. The summed E-state index contributed by atoms with van der Waals surface area (Å²) in [5.41, 5.74) is 2.94. The second-order valence-corrected chi connectivity index (χ2v) is 7.69. The van der Waals surface area contributed by atoms with Gasteiger partial charge in [0.25, 0.3) is 0 Å². The van der Waals surface area contributed by atoms with E-state index in [-0.39, 0.29) is 6.04 Å². The molecule has 1 heterocycles. The molecule has 1 aromatic rings. The number of nitrogens with zero attached hydrogens (tertiary/aromatic N) is 1. The topological polar surface area (TPSA) is 61.4 Å². The van der Waals surface area contributed by atoms with Crippen LogP contribution in [0.25, 0.3) is 0 Å². The van der Waals surface area contributed by atoms with Crippen molar-refractivity contribution < 1.29 is 8.42 Å². The Labute approximate surface area is 126 Å². The first kappa shape index (κ1) is 14.7. The van der Waals surface area contributed by atoms with E-state index in [4.69, 9.17) is 0 Å². The Kier molecular flexibility index (Phi) is 4.08. The van der Waals surface area contributed by atoms with Crippen LogP contribution in [-0.4, -0.2) is 32.4 Å². The van der Waals surface area contributed by atoms with Gasteiger partial charge in [-0.25, -0.2) is 0 Å². The molecule has 21 heavy (non-hydrogen) atoms. The molecule has 0 radical (unpaired) electrons. The third-order valence-corrected chi connectivity index (χ3v) is 6.08. The van der Waals surface area contributed by atoms with Crippen molar-refractivity contribution in [2.75, 3.05) is 23.6 Å². The summed E-state index contributed by atoms with van der Waals surface area (Å²) in [7, 11) is -1.78. The number of rotatable bonds is 4. The van der Waals surface area contributed by atoms with Crippen molar-refractivity contribution in [3.05, 3.63) is 23.8 Å². The molecule has 1 aromatic carbocycles. The second kappa shape index (κ2) is 5.85. The van der Waals surface area contributed by atoms with Crippen molar-refractivity contribution in [2.24, 2.45) is 0 Å². The van der Waals surface area contributed by atoms with Gasteiger partial charge in [0.2, 0.25) is 0 Å². The minimum atomic E-state index is -3.47. The highest BCUT2D eigenvalue weighted by Crippen LogP contribution is 2.27. The molecule has 6 heteroatoms. The minimum Gasteiger partial charge on any atom is -0.384 e. The van der Waals surface area contributed by atoms with Crippen LogP contribution in [-0.2, 0) is 16.6 Å². The van der Waals surface area contributed by atoms with Gasteiger partial charge >= 0.3 is 10.2 Å². The van der Waals surface area contributed by atoms with Crippen LogP contribution in [0.1, 0.15) is 37.7 Å². The summed E-state index contributed by atoms with van der Waals surface area (Å²) in [4.78, 5) is 0. The molecule has 1 aliphatic carbocycles. The molecule has 116 valence electrons. The van der Waals surface area contributed by atoms with Gasteiger partial charge in [0.05, 0.1) is 5.69 Å². The van der Waals surface area contributed by atoms with Crippen LogP contribution in [0.5, 0.6) is 0 Å². The summed E-state index contributed by atoms with van der Waals surface area (Å²) in [5.74, 6) is 0. The van der Waals surface area contributed by atoms with Gasteiger partial charge < -0.3 is 5.32 Å². The van der Waals surface area contributed by atoms with Gasteiger partial charge in [-0.15, -0.1) is 0 Å². The fourth-order valence-corrected chi connectivity index (χ4v) is 4.40. The predicted octanol–water partition coefficient (Wildman–Crippen LogP) is 2.58. The van der Waals surface area contributed by atoms with Gasteiger partial charge in [-0.1, -0.05) is 19.3 Å². The van der Waals surface area contributed by atoms with Gasteiger partial charge in [0.15, 0.2) is 0 Å². The van der Waals surface area contributed by atoms with Crippen LogP contribution >= 0.6 is 0 Å². The van der Waals surface area contributed by atoms with Gasteiger partial charge in [-0.05, 0) is 43.0 Å². The molecule has 1 saturated carbocycles. The maximum atomic E-state index is 12.5. The predicted molar refractivity (Wildman–Crippen MR) is 85.8 cm³/mol. The Hall–Kier alpha value is -1.27. The zero-order valence-corrected chi connectivity index (χ0v) is 13.2. The molecule has 0 bridgehead atoms. The molecule has 0 spiro atoms. The molecule has 1 fully saturated rings. The molecule has 5 nitrogen and oxygen atoms in total. The monoisotopic (exact) mass is 309 g/mol. The van der Waals surface area contributed by atoms with Crippen LogP contribution in [0, 0.1) is 0 Å². The third-order valence-electron chi connectivity index (χ3n) is 4.53. The summed E-state index contributed by atoms with van der Waals surface area (Å²) < 4.78 is 29.2. The van der Waals surface area contributed by atoms with E-state index >= 15 is 0 Å². The van der Waals surface area contributed by atoms with E-state index in [0.29, 0.717) is 5.69 Å². The number of hydrogen-bond acceptors (Lipinski definition) is 3. The zero-order valence-electron chi connectivity index (χ0n) is 12.4. The van der Waals surface area contributed by atoms with Crippen LogP contribution in [0.2, 0.25) is 0 Å². The highest BCUT2D eigenvalue weighted by Gasteiger charge is 2.27. The van der Waals surface area contributed by atoms with Gasteiger partial charge in [-0.3, -0.25) is 4.72 Å². The minimum absolute atomic E-state index is 0.132. The molecule has 2 aliphatic rings. The maximum absolute atomic E-state index is 12.5. The fourth-order valence-electron chi connectivity index (χ4n) is 3.23. The lowest BCUT2D eigenvalue weighted by Gasteiger charge is -2.30. The summed E-state index contributed by atoms with van der Waals surface area (Å²) in [6.07, 6.45) is 6.33. The number of hydrogen-bond donors (Lipinski definition) is 2. The van der Waals surface area contributed by atoms with Crippen molar-refractivity contribution in [1.82, 2.24) is 4.31 Å². The van der Waals surface area contributed by atoms with Crippen molar-refractivity contribution in [3.8, 4) is 0 Å². The van der Waals surface area contributed by atoms with E-state index < -0.39 is 10.2 Å². The average molecular weight is 309 g/mol. The van der Waals surface area contributed by atoms with Crippen LogP contribution < -0.4 is 10.0 Å². The Morgan fingerprint density at radius 3 is 2.76 bits per heavy atom. The van der Waals surface area contributed by atoms with E-state index in [1.54, 1.807) is 7.05 Å². The highest BCUT2D eigenvalue weighted by atomic mass is 32.2. The average Bonchev–Trinajstić information content (AvgIpc) is 2.94. The first-order valence-electron chi connectivity index (χ1n) is 7.69. The summed E-state index contributed by atoms with van der Waals surface area (Å²) in [6.45, 7) is 0.924. The van der Waals surface area contributed by atoms with Gasteiger partial charge in [0.1, 0.15) is 0 Å². The van der Waals surface area contributed by atoms with Gasteiger partial charge in [-0.2, -0.15) is 12.7 Å². The van der Waals surface area contributed by atoms with E-state index in [1.807, 2.05) is 18.2 Å². The summed E-state index contributed by atoms with van der Waals surface area (Å²) in [6, 6.07) is 5.83. The second-order valence-electron chi connectivity index (χ2n) is 5.96. The lowest BCUT2D eigenvalue weighted by atomic mass is 9.96. The van der Waals surface area contributed by atoms with Crippen LogP contribution in [0.3, 0.4) is 0 Å². The van der Waals surface area contributed by atoms with Crippen molar-refractivity contribution in [2.45, 2.75) is 44.6 Å². The molecule has 0 saturated heterocycles. The highest BCUT2D eigenvalue weighted by molar-refractivity contribution is 7.90. The van der Waals surface area contributed by atoms with E-state index in [9.17, 15) is 8.42 Å². The normalized spacial score (nSPS) is 19.3. The maximum Gasteiger partial charge on any atom is 0.301 e. The number of fused-ring (bicyclic) bond motifs is 1. The van der Waals surface area contributed by atoms with E-state index in [1.165, 1.54) is 16.3 Å². The number of nitrogens with one attached hydrogen (secondary N) is 2. The summed E-state index contributed by atoms with van der Waals surface area (Å²) in [5, 5.41) is 3.28. The number of anilines is 2. The molecule has 3 rings (SSSR count). The quantitative estimate of drug-likeness (QED) is 0.898. The largest absolute Gasteiger partial charge is 0.384 e. The van der Waals surface area contributed by atoms with E-state index in [2.05, 4.69) is 10.0 Å². The molecule has 0 atom stereocenters. The lowest BCUT2D eigenvalue weighted by Crippen LogP contribution is -2.41. The first-order valence-corrected chi connectivity index (χ1v) is 9.13. The Morgan fingerprint density at radius 2 is 2.00 bits per heavy atom. The van der Waals surface area contributed by atoms with Crippen molar-refractivity contribution in [1.29, 1.82) is 0 Å². The first-order chi connectivity index (χ1) is 10.1. The molecule has 1 aliphatic heterocycles. The zero-order chi connectivity index (χ0) is 14.9. The Balaban J connectivity index is 1.73. The smallest absolute Gasteiger partial charge is 0.301 e. The lowest BCUT2D eigenvalue weighted by molar-refractivity contribution is 0.287. The van der Waals surface area contributed by atoms with Gasteiger partial charge in [0, 0.05) is 25.3 Å². The van der Waals surface area contributed by atoms with E-state index in [0.717, 1.165) is 44.3 Å². The Bertz CT molecular complexity index is 609. The van der Waals surface area contributed by atoms with Crippen molar-refractivity contribution >= 4 is 21.6 Å². The standard InChI is InChI=1S/C15H23N3O2S/c1-18(14-5-3-2-4-6-14)21(19,20)17-13-7-8-15-12(11-13)9-10-16-15/h7-8,11,14,16-17H,2-6,9-10H2,1H3. The SMILES string of the molecule is CN(C1CCCCC1)S(=O)(=O)Nc1ccc2c(c1)CCN2. The molecule has 0 amide bonds.